The molecular weight excluding hydrogens is 218 g/mol. The molecule has 0 fully saturated rings. The Hall–Kier alpha value is -2.23. The van der Waals surface area contributed by atoms with Crippen LogP contribution in [0.5, 0.6) is 5.75 Å². The molecule has 0 unspecified atom stereocenters. The van der Waals surface area contributed by atoms with E-state index in [9.17, 15) is 4.79 Å². The Kier molecular flexibility index (Phi) is 3.14. The van der Waals surface area contributed by atoms with Crippen LogP contribution in [-0.2, 0) is 0 Å². The second kappa shape index (κ2) is 4.74. The van der Waals surface area contributed by atoms with Crippen LogP contribution >= 0.6 is 0 Å². The minimum Gasteiger partial charge on any atom is -0.492 e. The number of ether oxygens (including phenoxy) is 1. The molecule has 88 valence electrons. The van der Waals surface area contributed by atoms with E-state index in [4.69, 9.17) is 9.84 Å². The SMILES string of the molecule is CCOc1ccc2ccccc2c1NC(=O)O. The quantitative estimate of drug-likeness (QED) is 0.851. The average molecular weight is 231 g/mol. The molecule has 1 amide bonds. The highest BCUT2D eigenvalue weighted by Crippen LogP contribution is 2.33. The van der Waals surface area contributed by atoms with Crippen LogP contribution in [0.25, 0.3) is 10.8 Å². The molecule has 0 heterocycles. The highest BCUT2D eigenvalue weighted by molar-refractivity contribution is 6.02. The maximum atomic E-state index is 10.8. The summed E-state index contributed by atoms with van der Waals surface area (Å²) in [6, 6.07) is 11.3. The molecule has 0 aromatic heterocycles. The van der Waals surface area contributed by atoms with Gasteiger partial charge in [0.1, 0.15) is 5.75 Å². The van der Waals surface area contributed by atoms with Gasteiger partial charge >= 0.3 is 6.09 Å². The predicted molar refractivity (Wildman–Crippen MR) is 66.8 cm³/mol. The van der Waals surface area contributed by atoms with Gasteiger partial charge in [0.15, 0.2) is 0 Å². The molecule has 2 N–H and O–H groups in total. The number of nitrogens with one attached hydrogen (secondary N) is 1. The van der Waals surface area contributed by atoms with Crippen molar-refractivity contribution in [2.45, 2.75) is 6.92 Å². The average Bonchev–Trinajstić information content (AvgIpc) is 2.32. The Morgan fingerprint density at radius 3 is 2.76 bits per heavy atom. The van der Waals surface area contributed by atoms with Gasteiger partial charge in [0, 0.05) is 5.39 Å². The van der Waals surface area contributed by atoms with Crippen LogP contribution in [0.3, 0.4) is 0 Å². The van der Waals surface area contributed by atoms with Crippen LogP contribution in [0.4, 0.5) is 10.5 Å². The summed E-state index contributed by atoms with van der Waals surface area (Å²) in [5.41, 5.74) is 0.498. The molecule has 17 heavy (non-hydrogen) atoms. The molecule has 4 nitrogen and oxygen atoms in total. The van der Waals surface area contributed by atoms with E-state index in [0.29, 0.717) is 18.0 Å². The predicted octanol–water partition coefficient (Wildman–Crippen LogP) is 3.33. The highest BCUT2D eigenvalue weighted by Gasteiger charge is 2.10. The molecule has 0 bridgehead atoms. The topological polar surface area (TPSA) is 58.6 Å². The Morgan fingerprint density at radius 1 is 1.29 bits per heavy atom. The van der Waals surface area contributed by atoms with Gasteiger partial charge in [-0.05, 0) is 18.4 Å². The van der Waals surface area contributed by atoms with E-state index in [1.165, 1.54) is 0 Å². The number of rotatable bonds is 3. The lowest BCUT2D eigenvalue weighted by Crippen LogP contribution is -2.09. The van der Waals surface area contributed by atoms with Crippen molar-refractivity contribution < 1.29 is 14.6 Å². The minimum absolute atomic E-state index is 0.493. The van der Waals surface area contributed by atoms with Gasteiger partial charge in [-0.1, -0.05) is 30.3 Å². The molecule has 4 heteroatoms. The number of fused-ring (bicyclic) bond motifs is 1. The van der Waals surface area contributed by atoms with Crippen LogP contribution in [-0.4, -0.2) is 17.8 Å². The first kappa shape index (κ1) is 11.3. The fourth-order valence-corrected chi connectivity index (χ4v) is 1.76. The summed E-state index contributed by atoms with van der Waals surface area (Å²) in [6.45, 7) is 2.35. The molecule has 0 saturated carbocycles. The Morgan fingerprint density at radius 2 is 2.06 bits per heavy atom. The molecular formula is C13H13NO3. The molecule has 0 saturated heterocycles. The zero-order valence-electron chi connectivity index (χ0n) is 9.43. The zero-order chi connectivity index (χ0) is 12.3. The molecule has 0 atom stereocenters. The normalized spacial score (nSPS) is 10.2. The van der Waals surface area contributed by atoms with Crippen molar-refractivity contribution in [2.24, 2.45) is 0 Å². The summed E-state index contributed by atoms with van der Waals surface area (Å²) >= 11 is 0. The molecule has 0 aliphatic rings. The number of hydrogen-bond donors (Lipinski definition) is 2. The minimum atomic E-state index is -1.10. The Labute approximate surface area is 98.8 Å². The summed E-state index contributed by atoms with van der Waals surface area (Å²) in [6.07, 6.45) is -1.10. The standard InChI is InChI=1S/C13H13NO3/c1-2-17-11-8-7-9-5-3-4-6-10(9)12(11)14-13(15)16/h3-8,14H,2H2,1H3,(H,15,16). The first-order chi connectivity index (χ1) is 8.22. The number of carboxylic acid groups (broad SMARTS) is 1. The Balaban J connectivity index is 2.61. The van der Waals surface area contributed by atoms with Crippen molar-refractivity contribution in [2.75, 3.05) is 11.9 Å². The largest absolute Gasteiger partial charge is 0.492 e. The van der Waals surface area contributed by atoms with E-state index in [2.05, 4.69) is 5.32 Å². The van der Waals surface area contributed by atoms with Gasteiger partial charge in [0.25, 0.3) is 0 Å². The maximum absolute atomic E-state index is 10.8. The van der Waals surface area contributed by atoms with Crippen LogP contribution in [0.2, 0.25) is 0 Å². The van der Waals surface area contributed by atoms with Gasteiger partial charge in [-0.3, -0.25) is 5.32 Å². The summed E-state index contributed by atoms with van der Waals surface area (Å²) in [7, 11) is 0. The lowest BCUT2D eigenvalue weighted by atomic mass is 10.1. The Bertz CT molecular complexity index is 551. The monoisotopic (exact) mass is 231 g/mol. The van der Waals surface area contributed by atoms with Crippen molar-refractivity contribution in [3.63, 3.8) is 0 Å². The zero-order valence-corrected chi connectivity index (χ0v) is 9.43. The first-order valence-electron chi connectivity index (χ1n) is 5.37. The van der Waals surface area contributed by atoms with E-state index < -0.39 is 6.09 Å². The van der Waals surface area contributed by atoms with Crippen molar-refractivity contribution in [3.05, 3.63) is 36.4 Å². The molecule has 2 aromatic carbocycles. The lowest BCUT2D eigenvalue weighted by Gasteiger charge is -2.12. The van der Waals surface area contributed by atoms with Gasteiger partial charge < -0.3 is 9.84 Å². The smallest absolute Gasteiger partial charge is 0.409 e. The third kappa shape index (κ3) is 2.30. The second-order valence-electron chi connectivity index (χ2n) is 3.52. The fourth-order valence-electron chi connectivity index (χ4n) is 1.76. The molecule has 0 aliphatic heterocycles. The van der Waals surface area contributed by atoms with E-state index in [1.54, 1.807) is 6.07 Å². The summed E-state index contributed by atoms with van der Waals surface area (Å²) < 4.78 is 5.42. The number of anilines is 1. The summed E-state index contributed by atoms with van der Waals surface area (Å²) in [4.78, 5) is 10.8. The van der Waals surface area contributed by atoms with Crippen molar-refractivity contribution >= 4 is 22.6 Å². The van der Waals surface area contributed by atoms with Crippen molar-refractivity contribution in [1.29, 1.82) is 0 Å². The van der Waals surface area contributed by atoms with Crippen LogP contribution in [0.1, 0.15) is 6.92 Å². The molecule has 0 spiro atoms. The van der Waals surface area contributed by atoms with E-state index in [0.717, 1.165) is 10.8 Å². The van der Waals surface area contributed by atoms with Crippen molar-refractivity contribution in [1.82, 2.24) is 0 Å². The van der Waals surface area contributed by atoms with E-state index in [-0.39, 0.29) is 0 Å². The maximum Gasteiger partial charge on any atom is 0.409 e. The van der Waals surface area contributed by atoms with E-state index >= 15 is 0 Å². The summed E-state index contributed by atoms with van der Waals surface area (Å²) in [5.74, 6) is 0.550. The van der Waals surface area contributed by atoms with Gasteiger partial charge in [-0.2, -0.15) is 0 Å². The molecule has 2 aromatic rings. The van der Waals surface area contributed by atoms with Gasteiger partial charge in [-0.25, -0.2) is 4.79 Å². The molecule has 0 radical (unpaired) electrons. The van der Waals surface area contributed by atoms with Gasteiger partial charge in [0.2, 0.25) is 0 Å². The second-order valence-corrected chi connectivity index (χ2v) is 3.52. The number of benzene rings is 2. The fraction of sp³-hybridized carbons (Fsp3) is 0.154. The van der Waals surface area contributed by atoms with Crippen LogP contribution in [0.15, 0.2) is 36.4 Å². The lowest BCUT2D eigenvalue weighted by molar-refractivity contribution is 0.209. The number of amides is 1. The van der Waals surface area contributed by atoms with Crippen molar-refractivity contribution in [3.8, 4) is 5.75 Å². The number of carbonyl (C=O) groups is 1. The van der Waals surface area contributed by atoms with Gasteiger partial charge in [0.05, 0.1) is 12.3 Å². The van der Waals surface area contributed by atoms with Crippen LogP contribution < -0.4 is 10.1 Å². The summed E-state index contributed by atoms with van der Waals surface area (Å²) in [5, 5.41) is 13.1. The third-order valence-corrected chi connectivity index (χ3v) is 2.42. The highest BCUT2D eigenvalue weighted by atomic mass is 16.5. The number of hydrogen-bond acceptors (Lipinski definition) is 2. The van der Waals surface area contributed by atoms with E-state index in [1.807, 2.05) is 37.3 Å². The molecule has 2 rings (SSSR count). The first-order valence-corrected chi connectivity index (χ1v) is 5.37. The molecule has 0 aliphatic carbocycles. The third-order valence-electron chi connectivity index (χ3n) is 2.42. The van der Waals surface area contributed by atoms with Gasteiger partial charge in [-0.15, -0.1) is 0 Å². The van der Waals surface area contributed by atoms with Crippen LogP contribution in [0, 0.1) is 0 Å².